The predicted molar refractivity (Wildman–Crippen MR) is 80.9 cm³/mol. The zero-order valence-electron chi connectivity index (χ0n) is 11.9. The van der Waals surface area contributed by atoms with Gasteiger partial charge in [-0.2, -0.15) is 5.10 Å². The zero-order chi connectivity index (χ0) is 14.7. The highest BCUT2D eigenvalue weighted by atomic mass is 32.1. The fourth-order valence-electron chi connectivity index (χ4n) is 1.96. The minimum Gasteiger partial charge on any atom is -0.349 e. The third-order valence-electron chi connectivity index (χ3n) is 3.08. The van der Waals surface area contributed by atoms with Crippen molar-refractivity contribution in [2.45, 2.75) is 19.9 Å². The number of amides is 1. The van der Waals surface area contributed by atoms with Crippen LogP contribution in [0.15, 0.2) is 24.3 Å². The standard InChI is InChI=1S/C14H18N4OS/c1-10-5-4-6-11(9-10)13-15-16-14(20)18(13)8-7-12(19)17(2)3/h4-6,9H,7-8H2,1-3H3,(H,16,20). The summed E-state index contributed by atoms with van der Waals surface area (Å²) < 4.78 is 2.40. The molecule has 0 radical (unpaired) electrons. The Balaban J connectivity index is 2.28. The molecule has 20 heavy (non-hydrogen) atoms. The molecule has 106 valence electrons. The van der Waals surface area contributed by atoms with Crippen LogP contribution in [0.25, 0.3) is 11.4 Å². The maximum absolute atomic E-state index is 11.7. The number of carbonyl (C=O) groups is 1. The van der Waals surface area contributed by atoms with E-state index in [4.69, 9.17) is 12.2 Å². The Morgan fingerprint density at radius 3 is 2.85 bits per heavy atom. The quantitative estimate of drug-likeness (QED) is 0.880. The van der Waals surface area contributed by atoms with Crippen molar-refractivity contribution in [2.24, 2.45) is 0 Å². The van der Waals surface area contributed by atoms with Gasteiger partial charge in [0.15, 0.2) is 10.6 Å². The number of nitrogens with one attached hydrogen (secondary N) is 1. The molecule has 0 bridgehead atoms. The van der Waals surface area contributed by atoms with Gasteiger partial charge >= 0.3 is 0 Å². The molecule has 2 rings (SSSR count). The number of nitrogens with zero attached hydrogens (tertiary/aromatic N) is 3. The lowest BCUT2D eigenvalue weighted by atomic mass is 10.1. The van der Waals surface area contributed by atoms with E-state index >= 15 is 0 Å². The summed E-state index contributed by atoms with van der Waals surface area (Å²) in [6, 6.07) is 8.06. The van der Waals surface area contributed by atoms with Crippen LogP contribution < -0.4 is 0 Å². The van der Waals surface area contributed by atoms with Crippen molar-refractivity contribution in [1.29, 1.82) is 0 Å². The lowest BCUT2D eigenvalue weighted by Crippen LogP contribution is -2.23. The molecule has 0 unspecified atom stereocenters. The van der Waals surface area contributed by atoms with Gasteiger partial charge in [0.25, 0.3) is 0 Å². The van der Waals surface area contributed by atoms with Gasteiger partial charge in [0.05, 0.1) is 0 Å². The van der Waals surface area contributed by atoms with Crippen molar-refractivity contribution in [1.82, 2.24) is 19.7 Å². The molecule has 0 spiro atoms. The number of aromatic nitrogens is 3. The number of benzene rings is 1. The van der Waals surface area contributed by atoms with Crippen LogP contribution in [0.4, 0.5) is 0 Å². The fraction of sp³-hybridized carbons (Fsp3) is 0.357. The summed E-state index contributed by atoms with van der Waals surface area (Å²) >= 11 is 5.24. The van der Waals surface area contributed by atoms with E-state index in [2.05, 4.69) is 16.3 Å². The summed E-state index contributed by atoms with van der Waals surface area (Å²) in [6.45, 7) is 2.56. The van der Waals surface area contributed by atoms with Gasteiger partial charge in [0.1, 0.15) is 0 Å². The van der Waals surface area contributed by atoms with Crippen LogP contribution in [-0.4, -0.2) is 39.7 Å². The molecule has 0 saturated heterocycles. The summed E-state index contributed by atoms with van der Waals surface area (Å²) in [4.78, 5) is 13.3. The normalized spacial score (nSPS) is 10.6. The summed E-state index contributed by atoms with van der Waals surface area (Å²) in [6.07, 6.45) is 0.402. The Kier molecular flexibility index (Phi) is 4.34. The molecule has 0 aliphatic rings. The molecule has 2 aromatic rings. The molecule has 0 saturated carbocycles. The zero-order valence-corrected chi connectivity index (χ0v) is 12.7. The van der Waals surface area contributed by atoms with E-state index in [1.54, 1.807) is 19.0 Å². The van der Waals surface area contributed by atoms with E-state index in [0.29, 0.717) is 17.7 Å². The van der Waals surface area contributed by atoms with E-state index in [-0.39, 0.29) is 5.91 Å². The smallest absolute Gasteiger partial charge is 0.223 e. The molecule has 6 heteroatoms. The number of hydrogen-bond acceptors (Lipinski definition) is 3. The second-order valence-corrected chi connectivity index (χ2v) is 5.30. The van der Waals surface area contributed by atoms with Crippen LogP contribution >= 0.6 is 12.2 Å². The van der Waals surface area contributed by atoms with Crippen molar-refractivity contribution >= 4 is 18.1 Å². The molecule has 1 heterocycles. The Labute approximate surface area is 123 Å². The molecule has 1 amide bonds. The highest BCUT2D eigenvalue weighted by Gasteiger charge is 2.11. The van der Waals surface area contributed by atoms with Crippen molar-refractivity contribution < 1.29 is 4.79 Å². The number of carbonyl (C=O) groups excluding carboxylic acids is 1. The maximum Gasteiger partial charge on any atom is 0.223 e. The second-order valence-electron chi connectivity index (χ2n) is 4.91. The van der Waals surface area contributed by atoms with E-state index < -0.39 is 0 Å². The van der Waals surface area contributed by atoms with E-state index in [1.807, 2.05) is 29.7 Å². The maximum atomic E-state index is 11.7. The van der Waals surface area contributed by atoms with Gasteiger partial charge in [-0.1, -0.05) is 23.8 Å². The van der Waals surface area contributed by atoms with Gasteiger partial charge in [-0.25, -0.2) is 0 Å². The van der Waals surface area contributed by atoms with Gasteiger partial charge in [-0.3, -0.25) is 14.5 Å². The first-order chi connectivity index (χ1) is 9.49. The van der Waals surface area contributed by atoms with Crippen LogP contribution in [0.1, 0.15) is 12.0 Å². The van der Waals surface area contributed by atoms with Crippen molar-refractivity contribution in [3.8, 4) is 11.4 Å². The van der Waals surface area contributed by atoms with Crippen molar-refractivity contribution in [3.63, 3.8) is 0 Å². The molecule has 0 fully saturated rings. The fourth-order valence-corrected chi connectivity index (χ4v) is 2.18. The minimum atomic E-state index is 0.0725. The Morgan fingerprint density at radius 1 is 1.45 bits per heavy atom. The third kappa shape index (κ3) is 3.14. The molecule has 0 aliphatic heterocycles. The van der Waals surface area contributed by atoms with E-state index in [1.165, 1.54) is 0 Å². The molecule has 0 atom stereocenters. The van der Waals surface area contributed by atoms with Gasteiger partial charge in [-0.15, -0.1) is 0 Å². The summed E-state index contributed by atoms with van der Waals surface area (Å²) in [7, 11) is 3.50. The monoisotopic (exact) mass is 290 g/mol. The Morgan fingerprint density at radius 2 is 2.20 bits per heavy atom. The minimum absolute atomic E-state index is 0.0725. The largest absolute Gasteiger partial charge is 0.349 e. The highest BCUT2D eigenvalue weighted by Crippen LogP contribution is 2.18. The van der Waals surface area contributed by atoms with Crippen LogP contribution in [0, 0.1) is 11.7 Å². The van der Waals surface area contributed by atoms with Gasteiger partial charge < -0.3 is 4.90 Å². The molecular formula is C14H18N4OS. The summed E-state index contributed by atoms with van der Waals surface area (Å²) in [5.74, 6) is 0.841. The van der Waals surface area contributed by atoms with Gasteiger partial charge in [0.2, 0.25) is 5.91 Å². The summed E-state index contributed by atoms with van der Waals surface area (Å²) in [5, 5.41) is 7.07. The van der Waals surface area contributed by atoms with E-state index in [0.717, 1.165) is 17.0 Å². The van der Waals surface area contributed by atoms with Crippen LogP contribution in [-0.2, 0) is 11.3 Å². The van der Waals surface area contributed by atoms with Crippen LogP contribution in [0.2, 0.25) is 0 Å². The number of rotatable bonds is 4. The first-order valence-electron chi connectivity index (χ1n) is 6.41. The van der Waals surface area contributed by atoms with Crippen LogP contribution in [0.3, 0.4) is 0 Å². The summed E-state index contributed by atoms with van der Waals surface area (Å²) in [5.41, 5.74) is 2.15. The SMILES string of the molecule is Cc1cccc(-c2n[nH]c(=S)n2CCC(=O)N(C)C)c1. The number of H-pyrrole nitrogens is 1. The van der Waals surface area contributed by atoms with Crippen LogP contribution in [0.5, 0.6) is 0 Å². The van der Waals surface area contributed by atoms with Gasteiger partial charge in [0, 0.05) is 32.6 Å². The molecule has 1 aromatic heterocycles. The molecule has 0 aliphatic carbocycles. The number of hydrogen-bond donors (Lipinski definition) is 1. The Hall–Kier alpha value is -1.95. The Bertz CT molecular complexity index is 672. The molecule has 5 nitrogen and oxygen atoms in total. The predicted octanol–water partition coefficient (Wildman–Crippen LogP) is 2.39. The number of aromatic amines is 1. The average Bonchev–Trinajstić information content (AvgIpc) is 2.77. The van der Waals surface area contributed by atoms with E-state index in [9.17, 15) is 4.79 Å². The third-order valence-corrected chi connectivity index (χ3v) is 3.39. The number of aryl methyl sites for hydroxylation is 1. The molecular weight excluding hydrogens is 272 g/mol. The second kappa shape index (κ2) is 6.00. The topological polar surface area (TPSA) is 53.9 Å². The van der Waals surface area contributed by atoms with Gasteiger partial charge in [-0.05, 0) is 25.2 Å². The lowest BCUT2D eigenvalue weighted by Gasteiger charge is -2.11. The van der Waals surface area contributed by atoms with Crippen molar-refractivity contribution in [3.05, 3.63) is 34.6 Å². The lowest BCUT2D eigenvalue weighted by molar-refractivity contribution is -0.128. The molecule has 1 aromatic carbocycles. The highest BCUT2D eigenvalue weighted by molar-refractivity contribution is 7.71. The van der Waals surface area contributed by atoms with Crippen molar-refractivity contribution in [2.75, 3.05) is 14.1 Å². The first-order valence-corrected chi connectivity index (χ1v) is 6.82. The average molecular weight is 290 g/mol. The first kappa shape index (κ1) is 14.5. The molecule has 1 N–H and O–H groups in total.